The molecule has 0 bridgehead atoms. The number of hydrogen-bond donors (Lipinski definition) is 0. The monoisotopic (exact) mass is 354 g/mol. The standard InChI is InChI=1S/C21H26N2O3/c1-3-19(26-17-9-5-4-6-10-17)21(24)23-15-13-22(14-16-23)18-11-7-8-12-20(18)25-2/h4-12,19H,3,13-16H2,1-2H3/t19-/m1/s1. The number of para-hydroxylation sites is 3. The molecule has 0 N–H and O–H groups in total. The lowest BCUT2D eigenvalue weighted by Crippen LogP contribution is -2.52. The van der Waals surface area contributed by atoms with Gasteiger partial charge in [0.1, 0.15) is 11.5 Å². The van der Waals surface area contributed by atoms with E-state index in [1.165, 1.54) is 0 Å². The molecule has 2 aromatic rings. The molecular formula is C21H26N2O3. The highest BCUT2D eigenvalue weighted by Gasteiger charge is 2.28. The van der Waals surface area contributed by atoms with Crippen LogP contribution in [0.5, 0.6) is 11.5 Å². The van der Waals surface area contributed by atoms with Crippen LogP contribution in [0, 0.1) is 0 Å². The Balaban J connectivity index is 1.60. The molecule has 0 unspecified atom stereocenters. The molecule has 0 aliphatic carbocycles. The highest BCUT2D eigenvalue weighted by Crippen LogP contribution is 2.28. The first kappa shape index (κ1) is 18.1. The van der Waals surface area contributed by atoms with Crippen LogP contribution in [0.25, 0.3) is 0 Å². The molecule has 138 valence electrons. The SMILES string of the molecule is CC[C@@H](Oc1ccccc1)C(=O)N1CCN(c2ccccc2OC)CC1. The summed E-state index contributed by atoms with van der Waals surface area (Å²) >= 11 is 0. The van der Waals surface area contributed by atoms with Crippen molar-refractivity contribution >= 4 is 11.6 Å². The Morgan fingerprint density at radius 2 is 1.65 bits per heavy atom. The summed E-state index contributed by atoms with van der Waals surface area (Å²) in [4.78, 5) is 17.0. The second-order valence-electron chi connectivity index (χ2n) is 6.31. The van der Waals surface area contributed by atoms with E-state index in [2.05, 4.69) is 11.0 Å². The molecule has 0 spiro atoms. The lowest BCUT2D eigenvalue weighted by atomic mass is 10.2. The van der Waals surface area contributed by atoms with Crippen LogP contribution in [0.15, 0.2) is 54.6 Å². The number of methoxy groups -OCH3 is 1. The number of amides is 1. The van der Waals surface area contributed by atoms with Gasteiger partial charge in [0.05, 0.1) is 12.8 Å². The van der Waals surface area contributed by atoms with Gasteiger partial charge in [-0.25, -0.2) is 0 Å². The Kier molecular flexibility index (Phi) is 6.00. The van der Waals surface area contributed by atoms with Crippen LogP contribution in [0.3, 0.4) is 0 Å². The van der Waals surface area contributed by atoms with Crippen molar-refractivity contribution in [3.05, 3.63) is 54.6 Å². The molecule has 0 aromatic heterocycles. The number of ether oxygens (including phenoxy) is 2. The topological polar surface area (TPSA) is 42.0 Å². The fourth-order valence-corrected chi connectivity index (χ4v) is 3.23. The smallest absolute Gasteiger partial charge is 0.263 e. The van der Waals surface area contributed by atoms with Gasteiger partial charge < -0.3 is 19.3 Å². The van der Waals surface area contributed by atoms with Crippen LogP contribution in [-0.2, 0) is 4.79 Å². The van der Waals surface area contributed by atoms with Gasteiger partial charge >= 0.3 is 0 Å². The predicted molar refractivity (Wildman–Crippen MR) is 103 cm³/mol. The van der Waals surface area contributed by atoms with E-state index in [-0.39, 0.29) is 5.91 Å². The van der Waals surface area contributed by atoms with Crippen molar-refractivity contribution in [2.45, 2.75) is 19.4 Å². The highest BCUT2D eigenvalue weighted by atomic mass is 16.5. The zero-order valence-electron chi connectivity index (χ0n) is 15.4. The molecule has 1 atom stereocenters. The molecule has 1 fully saturated rings. The second kappa shape index (κ2) is 8.61. The van der Waals surface area contributed by atoms with Crippen LogP contribution in [0.1, 0.15) is 13.3 Å². The van der Waals surface area contributed by atoms with Crippen molar-refractivity contribution < 1.29 is 14.3 Å². The molecule has 26 heavy (non-hydrogen) atoms. The van der Waals surface area contributed by atoms with Gasteiger partial charge in [0.15, 0.2) is 6.10 Å². The summed E-state index contributed by atoms with van der Waals surface area (Å²) in [6.45, 7) is 4.93. The number of benzene rings is 2. The quantitative estimate of drug-likeness (QED) is 0.799. The molecule has 1 heterocycles. The third-order valence-electron chi connectivity index (χ3n) is 4.68. The summed E-state index contributed by atoms with van der Waals surface area (Å²) in [7, 11) is 1.69. The van der Waals surface area contributed by atoms with Gasteiger partial charge in [-0.3, -0.25) is 4.79 Å². The third-order valence-corrected chi connectivity index (χ3v) is 4.68. The Hall–Kier alpha value is -2.69. The molecule has 1 saturated heterocycles. The van der Waals surface area contributed by atoms with E-state index in [1.54, 1.807) is 7.11 Å². The summed E-state index contributed by atoms with van der Waals surface area (Å²) in [5.74, 6) is 1.67. The number of anilines is 1. The van der Waals surface area contributed by atoms with Crippen molar-refractivity contribution in [1.29, 1.82) is 0 Å². The van der Waals surface area contributed by atoms with Crippen molar-refractivity contribution in [1.82, 2.24) is 4.90 Å². The van der Waals surface area contributed by atoms with Crippen molar-refractivity contribution in [3.63, 3.8) is 0 Å². The molecule has 3 rings (SSSR count). The summed E-state index contributed by atoms with van der Waals surface area (Å²) < 4.78 is 11.4. The Morgan fingerprint density at radius 3 is 2.31 bits per heavy atom. The molecular weight excluding hydrogens is 328 g/mol. The molecule has 1 amide bonds. The number of piperazine rings is 1. The van der Waals surface area contributed by atoms with E-state index in [1.807, 2.05) is 60.4 Å². The van der Waals surface area contributed by atoms with Crippen LogP contribution < -0.4 is 14.4 Å². The van der Waals surface area contributed by atoms with E-state index in [4.69, 9.17) is 9.47 Å². The molecule has 0 radical (unpaired) electrons. The van der Waals surface area contributed by atoms with Crippen molar-refractivity contribution in [2.24, 2.45) is 0 Å². The Bertz CT molecular complexity index is 712. The molecule has 1 aliphatic heterocycles. The fraction of sp³-hybridized carbons (Fsp3) is 0.381. The fourth-order valence-electron chi connectivity index (χ4n) is 3.23. The maximum Gasteiger partial charge on any atom is 0.263 e. The summed E-state index contributed by atoms with van der Waals surface area (Å²) in [6, 6.07) is 17.5. The van der Waals surface area contributed by atoms with Gasteiger partial charge in [0.2, 0.25) is 0 Å². The summed E-state index contributed by atoms with van der Waals surface area (Å²) in [6.07, 6.45) is 0.218. The molecule has 2 aromatic carbocycles. The Labute approximate surface area is 155 Å². The average Bonchev–Trinajstić information content (AvgIpc) is 2.72. The number of hydrogen-bond acceptors (Lipinski definition) is 4. The zero-order valence-corrected chi connectivity index (χ0v) is 15.4. The van der Waals surface area contributed by atoms with Crippen molar-refractivity contribution in [2.75, 3.05) is 38.2 Å². The van der Waals surface area contributed by atoms with Crippen LogP contribution in [-0.4, -0.2) is 50.2 Å². The largest absolute Gasteiger partial charge is 0.495 e. The minimum Gasteiger partial charge on any atom is -0.495 e. The molecule has 5 heteroatoms. The molecule has 5 nitrogen and oxygen atoms in total. The minimum atomic E-state index is -0.435. The minimum absolute atomic E-state index is 0.0658. The van der Waals surface area contributed by atoms with Gasteiger partial charge in [-0.2, -0.15) is 0 Å². The third kappa shape index (κ3) is 4.10. The lowest BCUT2D eigenvalue weighted by Gasteiger charge is -2.37. The van der Waals surface area contributed by atoms with Gasteiger partial charge in [-0.1, -0.05) is 37.3 Å². The van der Waals surface area contributed by atoms with E-state index >= 15 is 0 Å². The average molecular weight is 354 g/mol. The van der Waals surface area contributed by atoms with Crippen molar-refractivity contribution in [3.8, 4) is 11.5 Å². The first-order valence-electron chi connectivity index (χ1n) is 9.11. The molecule has 0 saturated carbocycles. The van der Waals surface area contributed by atoms with E-state index in [0.717, 1.165) is 30.3 Å². The number of carbonyl (C=O) groups is 1. The first-order chi connectivity index (χ1) is 12.7. The summed E-state index contributed by atoms with van der Waals surface area (Å²) in [5, 5.41) is 0. The predicted octanol–water partition coefficient (Wildman–Crippen LogP) is 3.20. The Morgan fingerprint density at radius 1 is 1.00 bits per heavy atom. The van der Waals surface area contributed by atoms with Crippen LogP contribution in [0.2, 0.25) is 0 Å². The maximum atomic E-state index is 12.9. The van der Waals surface area contributed by atoms with Gasteiger partial charge in [0, 0.05) is 26.2 Å². The van der Waals surface area contributed by atoms with E-state index in [0.29, 0.717) is 19.5 Å². The van der Waals surface area contributed by atoms with Gasteiger partial charge in [-0.05, 0) is 30.7 Å². The zero-order chi connectivity index (χ0) is 18.4. The van der Waals surface area contributed by atoms with Crippen LogP contribution >= 0.6 is 0 Å². The highest BCUT2D eigenvalue weighted by molar-refractivity contribution is 5.81. The number of nitrogens with zero attached hydrogens (tertiary/aromatic N) is 2. The van der Waals surface area contributed by atoms with Gasteiger partial charge in [-0.15, -0.1) is 0 Å². The lowest BCUT2D eigenvalue weighted by molar-refractivity contribution is -0.139. The number of carbonyl (C=O) groups excluding carboxylic acids is 1. The second-order valence-corrected chi connectivity index (χ2v) is 6.31. The first-order valence-corrected chi connectivity index (χ1v) is 9.11. The maximum absolute atomic E-state index is 12.9. The van der Waals surface area contributed by atoms with E-state index in [9.17, 15) is 4.79 Å². The van der Waals surface area contributed by atoms with Gasteiger partial charge in [0.25, 0.3) is 5.91 Å². The molecule has 1 aliphatic rings. The van der Waals surface area contributed by atoms with Crippen LogP contribution in [0.4, 0.5) is 5.69 Å². The normalized spacial score (nSPS) is 15.5. The van der Waals surface area contributed by atoms with E-state index < -0.39 is 6.10 Å². The summed E-state index contributed by atoms with van der Waals surface area (Å²) in [5.41, 5.74) is 1.08. The number of rotatable bonds is 6.